The molecule has 0 aromatic carbocycles. The van der Waals surface area contributed by atoms with Crippen molar-refractivity contribution in [2.45, 2.75) is 24.0 Å². The molecule has 0 bridgehead atoms. The van der Waals surface area contributed by atoms with Gasteiger partial charge in [-0.3, -0.25) is 14.3 Å². The van der Waals surface area contributed by atoms with E-state index in [1.165, 1.54) is 10.9 Å². The predicted octanol–water partition coefficient (Wildman–Crippen LogP) is -2.68. The van der Waals surface area contributed by atoms with Crippen molar-refractivity contribution in [3.8, 4) is 12.3 Å². The van der Waals surface area contributed by atoms with Crippen LogP contribution in [0.3, 0.4) is 0 Å². The van der Waals surface area contributed by atoms with Crippen molar-refractivity contribution < 1.29 is 20.1 Å². The lowest BCUT2D eigenvalue weighted by atomic mass is 9.97. The number of ether oxygens (including phenoxy) is 1. The van der Waals surface area contributed by atoms with Gasteiger partial charge in [-0.05, 0) is 0 Å². The Bertz CT molecular complexity index is 823. The van der Waals surface area contributed by atoms with Crippen LogP contribution < -0.4 is 11.3 Å². The SMILES string of the molecule is C#C[C@]1(CO)O[C@@H](n2cnc3c(=O)[nH]c(N)nc32)C(O)C1O. The Morgan fingerprint density at radius 1 is 1.59 bits per heavy atom. The number of terminal acetylenes is 1. The highest BCUT2D eigenvalue weighted by atomic mass is 16.6. The van der Waals surface area contributed by atoms with Crippen LogP contribution >= 0.6 is 0 Å². The van der Waals surface area contributed by atoms with E-state index in [0.717, 1.165) is 0 Å². The molecule has 1 fully saturated rings. The van der Waals surface area contributed by atoms with Crippen molar-refractivity contribution >= 4 is 17.1 Å². The van der Waals surface area contributed by atoms with Crippen molar-refractivity contribution in [2.75, 3.05) is 12.3 Å². The van der Waals surface area contributed by atoms with Gasteiger partial charge in [0.25, 0.3) is 5.56 Å². The molecule has 1 aliphatic heterocycles. The Morgan fingerprint density at radius 3 is 2.91 bits per heavy atom. The summed E-state index contributed by atoms with van der Waals surface area (Å²) in [6, 6.07) is 0. The van der Waals surface area contributed by atoms with Gasteiger partial charge >= 0.3 is 0 Å². The van der Waals surface area contributed by atoms with Crippen molar-refractivity contribution in [1.82, 2.24) is 19.5 Å². The Balaban J connectivity index is 2.13. The van der Waals surface area contributed by atoms with E-state index in [9.17, 15) is 20.1 Å². The largest absolute Gasteiger partial charge is 0.392 e. The van der Waals surface area contributed by atoms with Crippen LogP contribution in [0.5, 0.6) is 0 Å². The number of aliphatic hydroxyl groups excluding tert-OH is 3. The summed E-state index contributed by atoms with van der Waals surface area (Å²) in [5, 5.41) is 29.6. The van der Waals surface area contributed by atoms with Gasteiger partial charge in [0.1, 0.15) is 12.2 Å². The second-order valence-electron chi connectivity index (χ2n) is 4.91. The monoisotopic (exact) mass is 307 g/mol. The molecule has 10 heteroatoms. The third-order valence-corrected chi connectivity index (χ3v) is 3.63. The number of aliphatic hydroxyl groups is 3. The van der Waals surface area contributed by atoms with Crippen LogP contribution in [0.15, 0.2) is 11.1 Å². The lowest BCUT2D eigenvalue weighted by molar-refractivity contribution is -0.0910. The maximum atomic E-state index is 11.7. The molecule has 2 unspecified atom stereocenters. The van der Waals surface area contributed by atoms with Gasteiger partial charge in [0.05, 0.1) is 12.9 Å². The molecule has 10 nitrogen and oxygen atoms in total. The normalized spacial score (nSPS) is 31.5. The minimum absolute atomic E-state index is 0.0123. The molecule has 2 aromatic rings. The van der Waals surface area contributed by atoms with Gasteiger partial charge < -0.3 is 25.8 Å². The van der Waals surface area contributed by atoms with Gasteiger partial charge in [-0.15, -0.1) is 6.42 Å². The Kier molecular flexibility index (Phi) is 3.15. The number of nitrogens with two attached hydrogens (primary N) is 1. The van der Waals surface area contributed by atoms with E-state index >= 15 is 0 Å². The zero-order valence-electron chi connectivity index (χ0n) is 11.2. The number of imidazole rings is 1. The quantitative estimate of drug-likeness (QED) is 0.375. The molecule has 22 heavy (non-hydrogen) atoms. The molecule has 6 N–H and O–H groups in total. The molecule has 3 heterocycles. The second kappa shape index (κ2) is 4.79. The molecular formula is C12H13N5O5. The molecule has 0 amide bonds. The number of nitrogens with zero attached hydrogens (tertiary/aromatic N) is 3. The van der Waals surface area contributed by atoms with E-state index < -0.39 is 36.2 Å². The van der Waals surface area contributed by atoms with E-state index in [-0.39, 0.29) is 17.1 Å². The number of rotatable bonds is 2. The number of nitrogens with one attached hydrogen (secondary N) is 1. The number of fused-ring (bicyclic) bond motifs is 1. The highest BCUT2D eigenvalue weighted by molar-refractivity contribution is 5.70. The van der Waals surface area contributed by atoms with Crippen LogP contribution in [-0.4, -0.2) is 59.3 Å². The highest BCUT2D eigenvalue weighted by Gasteiger charge is 2.54. The summed E-state index contributed by atoms with van der Waals surface area (Å²) in [4.78, 5) is 21.8. The van der Waals surface area contributed by atoms with Crippen LogP contribution in [0, 0.1) is 12.3 Å². The smallest absolute Gasteiger partial charge is 0.280 e. The molecule has 2 aromatic heterocycles. The van der Waals surface area contributed by atoms with Gasteiger partial charge in [-0.1, -0.05) is 5.92 Å². The van der Waals surface area contributed by atoms with E-state index in [4.69, 9.17) is 16.9 Å². The lowest BCUT2D eigenvalue weighted by Crippen LogP contribution is -2.44. The van der Waals surface area contributed by atoms with Gasteiger partial charge in [0.2, 0.25) is 5.95 Å². The first-order valence-electron chi connectivity index (χ1n) is 6.28. The van der Waals surface area contributed by atoms with Crippen LogP contribution in [0.4, 0.5) is 5.95 Å². The molecule has 0 saturated carbocycles. The maximum absolute atomic E-state index is 11.7. The number of anilines is 1. The number of hydrogen-bond acceptors (Lipinski definition) is 8. The zero-order chi connectivity index (χ0) is 16.1. The Hall–Kier alpha value is -2.45. The molecular weight excluding hydrogens is 294 g/mol. The third-order valence-electron chi connectivity index (χ3n) is 3.63. The van der Waals surface area contributed by atoms with E-state index in [0.29, 0.717) is 0 Å². The molecule has 1 aliphatic rings. The fraction of sp³-hybridized carbons (Fsp3) is 0.417. The zero-order valence-corrected chi connectivity index (χ0v) is 11.2. The van der Waals surface area contributed by atoms with Crippen LogP contribution in [0.1, 0.15) is 6.23 Å². The van der Waals surface area contributed by atoms with Crippen molar-refractivity contribution in [3.63, 3.8) is 0 Å². The number of nitrogen functional groups attached to an aromatic ring is 1. The van der Waals surface area contributed by atoms with Gasteiger partial charge in [-0.25, -0.2) is 4.98 Å². The number of hydrogen-bond donors (Lipinski definition) is 5. The fourth-order valence-electron chi connectivity index (χ4n) is 2.43. The summed E-state index contributed by atoms with van der Waals surface area (Å²) in [5.74, 6) is 2.00. The molecule has 0 spiro atoms. The summed E-state index contributed by atoms with van der Waals surface area (Å²) in [5.41, 5.74) is 3.22. The maximum Gasteiger partial charge on any atom is 0.280 e. The van der Waals surface area contributed by atoms with Crippen LogP contribution in [-0.2, 0) is 4.74 Å². The Labute approximate surface area is 123 Å². The first-order chi connectivity index (χ1) is 10.4. The van der Waals surface area contributed by atoms with Crippen LogP contribution in [0.2, 0.25) is 0 Å². The van der Waals surface area contributed by atoms with E-state index in [1.54, 1.807) is 0 Å². The van der Waals surface area contributed by atoms with Crippen molar-refractivity contribution in [3.05, 3.63) is 16.7 Å². The summed E-state index contributed by atoms with van der Waals surface area (Å²) in [6.45, 7) is -0.693. The van der Waals surface area contributed by atoms with Crippen LogP contribution in [0.25, 0.3) is 11.2 Å². The summed E-state index contributed by atoms with van der Waals surface area (Å²) >= 11 is 0. The molecule has 0 aliphatic carbocycles. The average molecular weight is 307 g/mol. The topological polar surface area (TPSA) is 160 Å². The van der Waals surface area contributed by atoms with Crippen molar-refractivity contribution in [2.24, 2.45) is 0 Å². The van der Waals surface area contributed by atoms with E-state index in [1.807, 2.05) is 0 Å². The summed E-state index contributed by atoms with van der Waals surface area (Å²) in [6.07, 6.45) is 2.33. The third kappa shape index (κ3) is 1.81. The first kappa shape index (κ1) is 14.5. The number of H-pyrrole nitrogens is 1. The standard InChI is InChI=1S/C12H13N5O5/c1-2-12(3-18)7(20)6(19)10(22-12)17-4-14-5-8(17)15-11(13)16-9(5)21/h1,4,6-7,10,18-20H,3H2,(H3,13,15,16,21)/t6?,7?,10-,12-/m1/s1. The van der Waals surface area contributed by atoms with Gasteiger partial charge in [0, 0.05) is 0 Å². The molecule has 116 valence electrons. The first-order valence-corrected chi connectivity index (χ1v) is 6.28. The average Bonchev–Trinajstić information content (AvgIpc) is 3.01. The van der Waals surface area contributed by atoms with E-state index in [2.05, 4.69) is 20.9 Å². The summed E-state index contributed by atoms with van der Waals surface area (Å²) in [7, 11) is 0. The molecule has 0 radical (unpaired) electrons. The van der Waals surface area contributed by atoms with Gasteiger partial charge in [-0.2, -0.15) is 4.98 Å². The highest BCUT2D eigenvalue weighted by Crippen LogP contribution is 2.37. The fourth-order valence-corrected chi connectivity index (χ4v) is 2.43. The van der Waals surface area contributed by atoms with Crippen molar-refractivity contribution in [1.29, 1.82) is 0 Å². The molecule has 4 atom stereocenters. The second-order valence-corrected chi connectivity index (χ2v) is 4.91. The lowest BCUT2D eigenvalue weighted by Gasteiger charge is -2.23. The minimum atomic E-state index is -1.76. The molecule has 1 saturated heterocycles. The molecule has 3 rings (SSSR count). The number of aromatic nitrogens is 4. The predicted molar refractivity (Wildman–Crippen MR) is 73.3 cm³/mol. The summed E-state index contributed by atoms with van der Waals surface area (Å²) < 4.78 is 6.67. The minimum Gasteiger partial charge on any atom is -0.392 e. The number of aromatic amines is 1. The Morgan fingerprint density at radius 2 is 2.32 bits per heavy atom. The van der Waals surface area contributed by atoms with Gasteiger partial charge in [0.15, 0.2) is 23.0 Å².